The first kappa shape index (κ1) is 16.2. The zero-order valence-corrected chi connectivity index (χ0v) is 14.8. The minimum atomic E-state index is -0.473. The number of rotatable bonds is 3. The minimum absolute atomic E-state index is 0.359. The Morgan fingerprint density at radius 2 is 2.04 bits per heavy atom. The maximum Gasteiger partial charge on any atom is 0.355 e. The molecular formula is C20H15N3O2S. The number of hydrogen-bond donors (Lipinski definition) is 1. The number of benzene rings is 1. The first-order valence-electron chi connectivity index (χ1n) is 8.00. The van der Waals surface area contributed by atoms with Crippen LogP contribution in [-0.4, -0.2) is 15.9 Å². The van der Waals surface area contributed by atoms with E-state index in [1.54, 1.807) is 24.5 Å². The van der Waals surface area contributed by atoms with Crippen LogP contribution in [0.5, 0.6) is 5.75 Å². The predicted octanol–water partition coefficient (Wildman–Crippen LogP) is 4.47. The molecular weight excluding hydrogens is 346 g/mol. The van der Waals surface area contributed by atoms with Gasteiger partial charge in [-0.05, 0) is 48.9 Å². The Kier molecular flexibility index (Phi) is 4.10. The van der Waals surface area contributed by atoms with E-state index in [2.05, 4.69) is 9.97 Å². The summed E-state index contributed by atoms with van der Waals surface area (Å²) in [6.07, 6.45) is 3.46. The van der Waals surface area contributed by atoms with E-state index in [1.165, 1.54) is 11.3 Å². The molecule has 0 saturated heterocycles. The van der Waals surface area contributed by atoms with Crippen molar-refractivity contribution in [3.63, 3.8) is 0 Å². The largest absolute Gasteiger partial charge is 0.422 e. The second kappa shape index (κ2) is 6.57. The van der Waals surface area contributed by atoms with Gasteiger partial charge >= 0.3 is 5.97 Å². The number of ether oxygens (including phenoxy) is 1. The topological polar surface area (TPSA) is 78.1 Å². The lowest BCUT2D eigenvalue weighted by Gasteiger charge is -2.04. The number of esters is 1. The molecule has 4 aromatic rings. The molecule has 0 bridgehead atoms. The van der Waals surface area contributed by atoms with E-state index in [-0.39, 0.29) is 0 Å². The Labute approximate surface area is 154 Å². The van der Waals surface area contributed by atoms with Crippen molar-refractivity contribution in [2.24, 2.45) is 0 Å². The summed E-state index contributed by atoms with van der Waals surface area (Å²) in [7, 11) is 0. The number of fused-ring (bicyclic) bond motifs is 1. The lowest BCUT2D eigenvalue weighted by atomic mass is 10.1. The molecule has 2 N–H and O–H groups in total. The predicted molar refractivity (Wildman–Crippen MR) is 103 cm³/mol. The van der Waals surface area contributed by atoms with Gasteiger partial charge in [-0.25, -0.2) is 9.78 Å². The highest BCUT2D eigenvalue weighted by Gasteiger charge is 2.19. The summed E-state index contributed by atoms with van der Waals surface area (Å²) in [6, 6.07) is 14.9. The Balaban J connectivity index is 1.69. The zero-order chi connectivity index (χ0) is 18.1. The second-order valence-corrected chi connectivity index (χ2v) is 6.84. The van der Waals surface area contributed by atoms with E-state index in [1.807, 2.05) is 43.3 Å². The van der Waals surface area contributed by atoms with Crippen molar-refractivity contribution >= 4 is 33.2 Å². The molecule has 3 aromatic heterocycles. The summed E-state index contributed by atoms with van der Waals surface area (Å²) in [5.74, 6) is 0.0230. The standard InChI is InChI=1S/C20H15N3O2S/c1-12-4-2-6-14(10-12)25-20(24)18-17(21)15-7-8-16(23-19(15)26-18)13-5-3-9-22-11-13/h2-11H,21H2,1H3. The molecule has 0 fully saturated rings. The van der Waals surface area contributed by atoms with Crippen LogP contribution >= 0.6 is 11.3 Å². The SMILES string of the molecule is Cc1cccc(OC(=O)c2sc3nc(-c4cccnc4)ccc3c2N)c1. The highest BCUT2D eigenvalue weighted by Crippen LogP contribution is 2.34. The number of nitrogen functional groups attached to an aromatic ring is 1. The molecule has 0 atom stereocenters. The van der Waals surface area contributed by atoms with Crippen molar-refractivity contribution in [3.05, 3.63) is 71.4 Å². The Bertz CT molecular complexity index is 1110. The van der Waals surface area contributed by atoms with Crippen LogP contribution in [0.4, 0.5) is 5.69 Å². The molecule has 0 aliphatic rings. The number of nitrogens with two attached hydrogens (primary N) is 1. The number of thiophene rings is 1. The lowest BCUT2D eigenvalue weighted by Crippen LogP contribution is -2.08. The molecule has 0 amide bonds. The van der Waals surface area contributed by atoms with Crippen LogP contribution in [-0.2, 0) is 0 Å². The van der Waals surface area contributed by atoms with Crippen molar-refractivity contribution < 1.29 is 9.53 Å². The molecule has 0 aliphatic heterocycles. The summed E-state index contributed by atoms with van der Waals surface area (Å²) in [6.45, 7) is 1.94. The van der Waals surface area contributed by atoms with Crippen LogP contribution in [0.3, 0.4) is 0 Å². The number of pyridine rings is 2. The third kappa shape index (κ3) is 3.02. The van der Waals surface area contributed by atoms with Gasteiger partial charge in [0.2, 0.25) is 0 Å². The maximum atomic E-state index is 12.5. The second-order valence-electron chi connectivity index (χ2n) is 5.84. The van der Waals surface area contributed by atoms with Crippen molar-refractivity contribution in [2.45, 2.75) is 6.92 Å². The van der Waals surface area contributed by atoms with Gasteiger partial charge in [0.05, 0.1) is 11.4 Å². The summed E-state index contributed by atoms with van der Waals surface area (Å²) < 4.78 is 5.46. The Hall–Kier alpha value is -3.25. The Morgan fingerprint density at radius 3 is 2.81 bits per heavy atom. The smallest absolute Gasteiger partial charge is 0.355 e. The highest BCUT2D eigenvalue weighted by molar-refractivity contribution is 7.21. The van der Waals surface area contributed by atoms with Gasteiger partial charge in [-0.15, -0.1) is 11.3 Å². The molecule has 26 heavy (non-hydrogen) atoms. The van der Waals surface area contributed by atoms with Gasteiger partial charge in [-0.3, -0.25) is 4.98 Å². The molecule has 5 nitrogen and oxygen atoms in total. The van der Waals surface area contributed by atoms with Gasteiger partial charge in [0.25, 0.3) is 0 Å². The molecule has 0 aliphatic carbocycles. The monoisotopic (exact) mass is 361 g/mol. The van der Waals surface area contributed by atoms with Gasteiger partial charge in [0.1, 0.15) is 15.5 Å². The summed E-state index contributed by atoms with van der Waals surface area (Å²) >= 11 is 1.23. The van der Waals surface area contributed by atoms with Gasteiger partial charge in [0, 0.05) is 23.3 Å². The number of aromatic nitrogens is 2. The number of nitrogens with zero attached hydrogens (tertiary/aromatic N) is 2. The van der Waals surface area contributed by atoms with Gasteiger partial charge in [0.15, 0.2) is 0 Å². The Morgan fingerprint density at radius 1 is 1.15 bits per heavy atom. The fourth-order valence-corrected chi connectivity index (χ4v) is 3.63. The molecule has 0 saturated carbocycles. The van der Waals surface area contributed by atoms with Crippen LogP contribution in [0.2, 0.25) is 0 Å². The number of aryl methyl sites for hydroxylation is 1. The van der Waals surface area contributed by atoms with Crippen molar-refractivity contribution in [2.75, 3.05) is 5.73 Å². The molecule has 3 heterocycles. The number of carbonyl (C=O) groups excluding carboxylic acids is 1. The van der Waals surface area contributed by atoms with Crippen molar-refractivity contribution in [3.8, 4) is 17.0 Å². The molecule has 1 aromatic carbocycles. The zero-order valence-electron chi connectivity index (χ0n) is 14.0. The van der Waals surface area contributed by atoms with Crippen molar-refractivity contribution in [1.82, 2.24) is 9.97 Å². The number of carbonyl (C=O) groups is 1. The fourth-order valence-electron chi connectivity index (χ4n) is 2.66. The van der Waals surface area contributed by atoms with E-state index in [9.17, 15) is 4.79 Å². The summed E-state index contributed by atoms with van der Waals surface area (Å²) in [5.41, 5.74) is 9.27. The molecule has 0 unspecified atom stereocenters. The van der Waals surface area contributed by atoms with Crippen LogP contribution < -0.4 is 10.5 Å². The third-order valence-corrected chi connectivity index (χ3v) is 5.03. The first-order valence-corrected chi connectivity index (χ1v) is 8.82. The number of anilines is 1. The summed E-state index contributed by atoms with van der Waals surface area (Å²) in [4.78, 5) is 22.3. The van der Waals surface area contributed by atoms with Crippen LogP contribution in [0.1, 0.15) is 15.2 Å². The highest BCUT2D eigenvalue weighted by atomic mass is 32.1. The van der Waals surface area contributed by atoms with Gasteiger partial charge in [-0.1, -0.05) is 12.1 Å². The van der Waals surface area contributed by atoms with E-state index in [0.29, 0.717) is 21.1 Å². The quantitative estimate of drug-likeness (QED) is 0.430. The van der Waals surface area contributed by atoms with E-state index in [4.69, 9.17) is 10.5 Å². The molecule has 128 valence electrons. The molecule has 0 spiro atoms. The molecule has 4 rings (SSSR count). The third-order valence-electron chi connectivity index (χ3n) is 3.94. The average Bonchev–Trinajstić information content (AvgIpc) is 2.99. The first-order chi connectivity index (χ1) is 12.6. The fraction of sp³-hybridized carbons (Fsp3) is 0.0500. The van der Waals surface area contributed by atoms with Gasteiger partial charge in [-0.2, -0.15) is 0 Å². The molecule has 0 radical (unpaired) electrons. The minimum Gasteiger partial charge on any atom is -0.422 e. The normalized spacial score (nSPS) is 10.8. The number of hydrogen-bond acceptors (Lipinski definition) is 6. The average molecular weight is 361 g/mol. The molecule has 6 heteroatoms. The lowest BCUT2D eigenvalue weighted by molar-refractivity contribution is 0.0741. The van der Waals surface area contributed by atoms with Gasteiger partial charge < -0.3 is 10.5 Å². The van der Waals surface area contributed by atoms with Crippen molar-refractivity contribution in [1.29, 1.82) is 0 Å². The van der Waals surface area contributed by atoms with Crippen LogP contribution in [0.25, 0.3) is 21.5 Å². The van der Waals surface area contributed by atoms with E-state index in [0.717, 1.165) is 22.2 Å². The maximum absolute atomic E-state index is 12.5. The van der Waals surface area contributed by atoms with Crippen LogP contribution in [0, 0.1) is 6.92 Å². The summed E-state index contributed by atoms with van der Waals surface area (Å²) in [5, 5.41) is 0.749. The van der Waals surface area contributed by atoms with Crippen LogP contribution in [0.15, 0.2) is 60.9 Å². The van der Waals surface area contributed by atoms with E-state index < -0.39 is 5.97 Å². The van der Waals surface area contributed by atoms with E-state index >= 15 is 0 Å².